The van der Waals surface area contributed by atoms with Gasteiger partial charge in [0, 0.05) is 12.1 Å². The third kappa shape index (κ3) is 5.12. The predicted octanol–water partition coefficient (Wildman–Crippen LogP) is 4.78. The van der Waals surface area contributed by atoms with E-state index in [1.807, 2.05) is 55.5 Å². The maximum Gasteiger partial charge on any atom is 0.354 e. The summed E-state index contributed by atoms with van der Waals surface area (Å²) < 4.78 is 3.19. The average Bonchev–Trinajstić information content (AvgIpc) is 3.54. The minimum Gasteiger partial charge on any atom is -0.477 e. The molecule has 0 aliphatic heterocycles. The van der Waals surface area contributed by atoms with Crippen LogP contribution in [0.5, 0.6) is 0 Å². The van der Waals surface area contributed by atoms with Crippen molar-refractivity contribution in [1.29, 1.82) is 0 Å². The Morgan fingerprint density at radius 1 is 1.03 bits per heavy atom. The van der Waals surface area contributed by atoms with E-state index in [4.69, 9.17) is 0 Å². The molecule has 2 heterocycles. The van der Waals surface area contributed by atoms with Crippen molar-refractivity contribution in [3.8, 4) is 22.5 Å². The summed E-state index contributed by atoms with van der Waals surface area (Å²) in [5.41, 5.74) is 4.37. The van der Waals surface area contributed by atoms with Crippen molar-refractivity contribution >= 4 is 5.97 Å². The lowest BCUT2D eigenvalue weighted by atomic mass is 9.89. The molecule has 9 nitrogen and oxygen atoms in total. The van der Waals surface area contributed by atoms with Gasteiger partial charge < -0.3 is 5.11 Å². The average molecular weight is 501 g/mol. The van der Waals surface area contributed by atoms with Crippen LogP contribution in [0.3, 0.4) is 0 Å². The van der Waals surface area contributed by atoms with Gasteiger partial charge >= 0.3 is 11.7 Å². The van der Waals surface area contributed by atoms with Gasteiger partial charge in [0.05, 0.1) is 12.2 Å². The fourth-order valence-corrected chi connectivity index (χ4v) is 5.52. The van der Waals surface area contributed by atoms with Crippen molar-refractivity contribution in [3.05, 3.63) is 76.0 Å². The molecule has 0 spiro atoms. The molecule has 1 aliphatic carbocycles. The molecule has 1 aliphatic rings. The lowest BCUT2D eigenvalue weighted by molar-refractivity contribution is 0.0681. The van der Waals surface area contributed by atoms with Gasteiger partial charge in [-0.3, -0.25) is 9.13 Å². The number of carboxylic acids is 1. The molecule has 9 heteroatoms. The summed E-state index contributed by atoms with van der Waals surface area (Å²) in [4.78, 5) is 25.9. The van der Waals surface area contributed by atoms with Gasteiger partial charge in [0.15, 0.2) is 11.5 Å². The second-order valence-corrected chi connectivity index (χ2v) is 9.83. The molecule has 0 unspecified atom stereocenters. The second kappa shape index (κ2) is 10.9. The van der Waals surface area contributed by atoms with Crippen LogP contribution in [0.25, 0.3) is 22.5 Å². The molecular weight excluding hydrogens is 468 g/mol. The maximum absolute atomic E-state index is 13.6. The summed E-state index contributed by atoms with van der Waals surface area (Å²) in [5, 5.41) is 24.3. The summed E-state index contributed by atoms with van der Waals surface area (Å²) in [6.07, 6.45) is 6.92. The van der Waals surface area contributed by atoms with Crippen molar-refractivity contribution in [2.24, 2.45) is 5.92 Å². The van der Waals surface area contributed by atoms with Crippen molar-refractivity contribution < 1.29 is 9.90 Å². The predicted molar refractivity (Wildman–Crippen MR) is 140 cm³/mol. The van der Waals surface area contributed by atoms with Crippen molar-refractivity contribution in [1.82, 2.24) is 29.8 Å². The molecule has 2 aromatic carbocycles. The van der Waals surface area contributed by atoms with E-state index in [1.165, 1.54) is 11.0 Å². The number of aromatic carboxylic acids is 1. The number of aromatic nitrogens is 6. The topological polar surface area (TPSA) is 119 Å². The molecule has 2 aromatic heterocycles. The van der Waals surface area contributed by atoms with Gasteiger partial charge in [0.1, 0.15) is 0 Å². The van der Waals surface area contributed by atoms with Gasteiger partial charge in [-0.05, 0) is 52.3 Å². The largest absolute Gasteiger partial charge is 0.477 e. The Balaban J connectivity index is 1.47. The SMILES string of the molecule is CCCc1c(C(=O)O)n(CC2CCCCC2)c(=O)n1Cc1ccc(-c2ccccc2-c2nnn[nH]2)cc1. The number of nitrogens with zero attached hydrogens (tertiary/aromatic N) is 5. The van der Waals surface area contributed by atoms with Crippen molar-refractivity contribution in [2.45, 2.75) is 65.0 Å². The lowest BCUT2D eigenvalue weighted by Gasteiger charge is -2.22. The highest BCUT2D eigenvalue weighted by Crippen LogP contribution is 2.30. The van der Waals surface area contributed by atoms with Crippen LogP contribution in [0, 0.1) is 5.92 Å². The highest BCUT2D eigenvalue weighted by molar-refractivity contribution is 5.87. The zero-order valence-corrected chi connectivity index (χ0v) is 21.1. The van der Waals surface area contributed by atoms with Gasteiger partial charge in [0.2, 0.25) is 0 Å². The molecule has 4 aromatic rings. The van der Waals surface area contributed by atoms with Crippen LogP contribution in [0.15, 0.2) is 53.3 Å². The summed E-state index contributed by atoms with van der Waals surface area (Å²) in [5.74, 6) is -0.0753. The standard InChI is InChI=1S/C28H32N6O3/c1-2-8-24-25(27(35)36)34(18-19-9-4-3-5-10-19)28(37)33(24)17-20-13-15-21(16-14-20)22-11-6-7-12-23(22)26-29-31-32-30-26/h6-7,11-16,19H,2-5,8-10,17-18H2,1H3,(H,35,36)(H,29,30,31,32). The van der Waals surface area contributed by atoms with Crippen LogP contribution < -0.4 is 5.69 Å². The summed E-state index contributed by atoms with van der Waals surface area (Å²) in [6, 6.07) is 15.9. The molecule has 0 saturated heterocycles. The first-order valence-corrected chi connectivity index (χ1v) is 13.0. The van der Waals surface area contributed by atoms with Crippen molar-refractivity contribution in [3.63, 3.8) is 0 Å². The summed E-state index contributed by atoms with van der Waals surface area (Å²) in [7, 11) is 0. The number of nitrogens with one attached hydrogen (secondary N) is 1. The third-order valence-electron chi connectivity index (χ3n) is 7.32. The Morgan fingerprint density at radius 3 is 2.41 bits per heavy atom. The van der Waals surface area contributed by atoms with Crippen LogP contribution >= 0.6 is 0 Å². The number of aromatic amines is 1. The number of tetrazole rings is 1. The molecule has 1 fully saturated rings. The Hall–Kier alpha value is -4.01. The van der Waals surface area contributed by atoms with Crippen LogP contribution in [0.1, 0.15) is 67.2 Å². The molecule has 0 amide bonds. The van der Waals surface area contributed by atoms with Crippen LogP contribution in [-0.4, -0.2) is 40.8 Å². The van der Waals surface area contributed by atoms with E-state index in [9.17, 15) is 14.7 Å². The molecule has 5 rings (SSSR count). The number of benzene rings is 2. The minimum absolute atomic E-state index is 0.156. The zero-order valence-electron chi connectivity index (χ0n) is 21.1. The molecule has 0 bridgehead atoms. The number of hydrogen-bond donors (Lipinski definition) is 2. The zero-order chi connectivity index (χ0) is 25.8. The van der Waals surface area contributed by atoms with E-state index in [2.05, 4.69) is 20.6 Å². The Kier molecular flexibility index (Phi) is 7.30. The number of imidazole rings is 1. The number of rotatable bonds is 9. The summed E-state index contributed by atoms with van der Waals surface area (Å²) >= 11 is 0. The number of hydrogen-bond acceptors (Lipinski definition) is 5. The van der Waals surface area contributed by atoms with E-state index in [0.29, 0.717) is 36.9 Å². The highest BCUT2D eigenvalue weighted by Gasteiger charge is 2.26. The number of carbonyl (C=O) groups is 1. The van der Waals surface area contributed by atoms with Crippen LogP contribution in [0.4, 0.5) is 0 Å². The van der Waals surface area contributed by atoms with Gasteiger partial charge in [-0.25, -0.2) is 14.7 Å². The first-order chi connectivity index (χ1) is 18.1. The first-order valence-electron chi connectivity index (χ1n) is 13.0. The highest BCUT2D eigenvalue weighted by atomic mass is 16.4. The molecule has 2 N–H and O–H groups in total. The monoisotopic (exact) mass is 500 g/mol. The quantitative estimate of drug-likeness (QED) is 0.342. The Bertz CT molecular complexity index is 1410. The molecule has 37 heavy (non-hydrogen) atoms. The molecule has 192 valence electrons. The van der Waals surface area contributed by atoms with Gasteiger partial charge in [-0.1, -0.05) is 81.1 Å². The van der Waals surface area contributed by atoms with Crippen LogP contribution in [0.2, 0.25) is 0 Å². The van der Waals surface area contributed by atoms with E-state index < -0.39 is 5.97 Å². The van der Waals surface area contributed by atoms with Gasteiger partial charge in [0.25, 0.3) is 0 Å². The molecule has 0 atom stereocenters. The summed E-state index contributed by atoms with van der Waals surface area (Å²) in [6.45, 7) is 2.83. The smallest absolute Gasteiger partial charge is 0.354 e. The van der Waals surface area contributed by atoms with E-state index in [0.717, 1.165) is 54.4 Å². The van der Waals surface area contributed by atoms with E-state index in [1.54, 1.807) is 4.57 Å². The molecular formula is C28H32N6O3. The van der Waals surface area contributed by atoms with Gasteiger partial charge in [-0.15, -0.1) is 5.10 Å². The second-order valence-electron chi connectivity index (χ2n) is 9.83. The Labute approximate surface area is 215 Å². The van der Waals surface area contributed by atoms with E-state index >= 15 is 0 Å². The fraction of sp³-hybridized carbons (Fsp3) is 0.393. The normalized spacial score (nSPS) is 14.2. The van der Waals surface area contributed by atoms with Gasteiger partial charge in [-0.2, -0.15) is 0 Å². The molecule has 1 saturated carbocycles. The fourth-order valence-electron chi connectivity index (χ4n) is 5.52. The Morgan fingerprint density at radius 2 is 1.76 bits per heavy atom. The minimum atomic E-state index is -1.02. The number of H-pyrrole nitrogens is 1. The van der Waals surface area contributed by atoms with E-state index in [-0.39, 0.29) is 11.4 Å². The third-order valence-corrected chi connectivity index (χ3v) is 7.32. The maximum atomic E-state index is 13.6. The van der Waals surface area contributed by atoms with Crippen molar-refractivity contribution in [2.75, 3.05) is 0 Å². The van der Waals surface area contributed by atoms with Crippen LogP contribution in [-0.2, 0) is 19.5 Å². The first kappa shape index (κ1) is 24.7. The molecule has 0 radical (unpaired) electrons. The lowest BCUT2D eigenvalue weighted by Crippen LogP contribution is -2.29. The number of carboxylic acid groups (broad SMARTS) is 1.